The summed E-state index contributed by atoms with van der Waals surface area (Å²) in [5, 5.41) is 0. The first kappa shape index (κ1) is 3.43. The quantitative estimate of drug-likeness (QED) is 0.283. The molecule has 20 valence electrons. The molecule has 0 heterocycles. The molecule has 0 bridgehead atoms. The van der Waals surface area contributed by atoms with Crippen LogP contribution in [-0.2, 0) is 0 Å². The number of hydrogen-bond donors (Lipinski definition) is 0. The molecule has 4 heavy (non-hydrogen) atoms. The molecule has 0 aliphatic carbocycles. The molecular formula is C4H5+. The van der Waals surface area contributed by atoms with Gasteiger partial charge in [0, 0.05) is 0 Å². The van der Waals surface area contributed by atoms with Crippen LogP contribution in [0.1, 0.15) is 6.92 Å². The Morgan fingerprint density at radius 3 is 2.00 bits per heavy atom. The minimum Gasteiger partial charge on any atom is 0.0823 e. The van der Waals surface area contributed by atoms with Gasteiger partial charge in [0.2, 0.25) is 0 Å². The monoisotopic (exact) mass is 53.0 g/mol. The summed E-state index contributed by atoms with van der Waals surface area (Å²) in [6.45, 7) is 5.00. The van der Waals surface area contributed by atoms with Crippen molar-refractivity contribution in [2.45, 2.75) is 6.92 Å². The Bertz CT molecular complexity index is 36.8. The van der Waals surface area contributed by atoms with E-state index in [4.69, 9.17) is 0 Å². The topological polar surface area (TPSA) is 0 Å². The summed E-state index contributed by atoms with van der Waals surface area (Å²) in [6.07, 6.45) is 0. The highest BCUT2D eigenvalue weighted by Gasteiger charge is 1.44. The van der Waals surface area contributed by atoms with Crippen LogP contribution in [0.5, 0.6) is 0 Å². The van der Waals surface area contributed by atoms with Crippen LogP contribution >= 0.6 is 0 Å². The Hall–Kier alpha value is -0.570. The largest absolute Gasteiger partial charge is 0.135 e. The normalized spacial score (nSPS) is 3.25. The van der Waals surface area contributed by atoms with Crippen LogP contribution < -0.4 is 0 Å². The van der Waals surface area contributed by atoms with Gasteiger partial charge in [-0.25, -0.2) is 0 Å². The maximum atomic E-state index is 3.24. The standard InChI is InChI=1S/C4H5/c1-3-4-2/h1H2,2H3/q+1. The van der Waals surface area contributed by atoms with Gasteiger partial charge in [0.05, 0.1) is 13.8 Å². The lowest BCUT2D eigenvalue weighted by atomic mass is 10.7. The lowest BCUT2D eigenvalue weighted by Gasteiger charge is -1.22. The van der Waals surface area contributed by atoms with E-state index in [9.17, 15) is 0 Å². The first-order chi connectivity index (χ1) is 1.91. The molecule has 0 fully saturated rings. The summed E-state index contributed by atoms with van der Waals surface area (Å²) in [5.74, 6) is 5.00. The van der Waals surface area contributed by atoms with Crippen molar-refractivity contribution in [2.75, 3.05) is 0 Å². The van der Waals surface area contributed by atoms with E-state index in [2.05, 4.69) is 18.8 Å². The van der Waals surface area contributed by atoms with E-state index < -0.39 is 0 Å². The first-order valence-electron chi connectivity index (χ1n) is 1.10. The second-order valence-corrected chi connectivity index (χ2v) is 0.427. The fraction of sp³-hybridized carbons (Fsp3) is 0.250. The summed E-state index contributed by atoms with van der Waals surface area (Å²) >= 11 is 0. The van der Waals surface area contributed by atoms with Crippen LogP contribution in [-0.4, -0.2) is 0 Å². The smallest absolute Gasteiger partial charge is 0.0823 e. The van der Waals surface area contributed by atoms with Crippen LogP contribution in [0.4, 0.5) is 0 Å². The van der Waals surface area contributed by atoms with Crippen LogP contribution in [0, 0.1) is 18.8 Å². The van der Waals surface area contributed by atoms with E-state index in [0.29, 0.717) is 0 Å². The summed E-state index contributed by atoms with van der Waals surface area (Å²) < 4.78 is 0. The van der Waals surface area contributed by atoms with Gasteiger partial charge in [-0.05, 0) is 0 Å². The molecule has 0 aliphatic heterocycles. The predicted octanol–water partition coefficient (Wildman–Crippen LogP) is 0.844. The van der Waals surface area contributed by atoms with Crippen molar-refractivity contribution >= 4 is 0 Å². The van der Waals surface area contributed by atoms with Gasteiger partial charge < -0.3 is 0 Å². The molecule has 0 aliphatic rings. The summed E-state index contributed by atoms with van der Waals surface area (Å²) in [6, 6.07) is 0. The Morgan fingerprint density at radius 2 is 2.00 bits per heavy atom. The molecule has 0 atom stereocenters. The molecule has 0 amide bonds. The Balaban J connectivity index is 2.83. The van der Waals surface area contributed by atoms with E-state index in [1.165, 1.54) is 0 Å². The maximum Gasteiger partial charge on any atom is 0.135 e. The highest BCUT2D eigenvalue weighted by molar-refractivity contribution is 4.97. The highest BCUT2D eigenvalue weighted by Crippen LogP contribution is 1.37. The molecular weight excluding hydrogens is 48.0 g/mol. The van der Waals surface area contributed by atoms with Crippen LogP contribution in [0.15, 0.2) is 0 Å². The molecule has 0 nitrogen and oxygen atoms in total. The van der Waals surface area contributed by atoms with Crippen molar-refractivity contribution in [1.82, 2.24) is 0 Å². The van der Waals surface area contributed by atoms with Gasteiger partial charge >= 0.3 is 0 Å². The van der Waals surface area contributed by atoms with Gasteiger partial charge in [-0.1, -0.05) is 0 Å². The molecule has 0 radical (unpaired) electrons. The third kappa shape index (κ3) is 1.43. The first-order valence-corrected chi connectivity index (χ1v) is 1.10. The van der Waals surface area contributed by atoms with Crippen LogP contribution in [0.3, 0.4) is 0 Å². The molecule has 0 saturated carbocycles. The fourth-order valence-corrected chi connectivity index (χ4v) is 0. The Labute approximate surface area is 26.8 Å². The molecule has 0 heteroatoms. The summed E-state index contributed by atoms with van der Waals surface area (Å²) in [5.41, 5.74) is 0. The lowest BCUT2D eigenvalue weighted by Crippen LogP contribution is -1.29. The molecule has 0 aromatic heterocycles. The average molecular weight is 53.1 g/mol. The predicted molar refractivity (Wildman–Crippen MR) is 18.8 cm³/mol. The molecule has 0 rings (SSSR count). The van der Waals surface area contributed by atoms with Crippen LogP contribution in [0.2, 0.25) is 0 Å². The molecule has 0 saturated heterocycles. The van der Waals surface area contributed by atoms with Gasteiger partial charge in [-0.15, -0.1) is 0 Å². The lowest BCUT2D eigenvalue weighted by molar-refractivity contribution is 1.92. The molecule has 0 aromatic carbocycles. The number of rotatable bonds is 0. The summed E-state index contributed by atoms with van der Waals surface area (Å²) in [7, 11) is 0. The Morgan fingerprint density at radius 1 is 1.75 bits per heavy atom. The molecule has 0 N–H and O–H groups in total. The third-order valence-corrected chi connectivity index (χ3v) is 0.177. The van der Waals surface area contributed by atoms with Gasteiger partial charge in [0.25, 0.3) is 0 Å². The third-order valence-electron chi connectivity index (χ3n) is 0.177. The van der Waals surface area contributed by atoms with Gasteiger partial charge in [0.15, 0.2) is 0 Å². The maximum absolute atomic E-state index is 3.24. The van der Waals surface area contributed by atoms with Crippen LogP contribution in [0.25, 0.3) is 0 Å². The van der Waals surface area contributed by atoms with Crippen molar-refractivity contribution in [2.24, 2.45) is 0 Å². The zero-order valence-corrected chi connectivity index (χ0v) is 2.71. The van der Waals surface area contributed by atoms with E-state index >= 15 is 0 Å². The van der Waals surface area contributed by atoms with Crippen molar-refractivity contribution < 1.29 is 0 Å². The zero-order valence-electron chi connectivity index (χ0n) is 2.71. The van der Waals surface area contributed by atoms with Crippen molar-refractivity contribution in [1.29, 1.82) is 0 Å². The van der Waals surface area contributed by atoms with Gasteiger partial charge in [-0.2, -0.15) is 0 Å². The van der Waals surface area contributed by atoms with E-state index in [1.807, 2.05) is 0 Å². The number of hydrogen-bond acceptors (Lipinski definition) is 0. The van der Waals surface area contributed by atoms with Gasteiger partial charge in [-0.3, -0.25) is 0 Å². The molecule has 0 spiro atoms. The Kier molecular flexibility index (Phi) is 2.08. The van der Waals surface area contributed by atoms with Crippen molar-refractivity contribution in [3.8, 4) is 11.8 Å². The van der Waals surface area contributed by atoms with Gasteiger partial charge in [0.1, 0.15) is 11.8 Å². The highest BCUT2D eigenvalue weighted by atomic mass is 13.3. The van der Waals surface area contributed by atoms with Crippen molar-refractivity contribution in [3.05, 3.63) is 6.92 Å². The molecule has 0 unspecified atom stereocenters. The minimum absolute atomic E-state index is 1.76. The van der Waals surface area contributed by atoms with Crippen molar-refractivity contribution in [3.63, 3.8) is 0 Å². The second kappa shape index (κ2) is 2.43. The minimum atomic E-state index is 1.76. The molecule has 0 aromatic rings. The van der Waals surface area contributed by atoms with E-state index in [1.54, 1.807) is 6.92 Å². The average Bonchev–Trinajstić information content (AvgIpc) is 1.37. The second-order valence-electron chi connectivity index (χ2n) is 0.427. The van der Waals surface area contributed by atoms with E-state index in [-0.39, 0.29) is 0 Å². The fourth-order valence-electron chi connectivity index (χ4n) is 0. The van der Waals surface area contributed by atoms with E-state index in [0.717, 1.165) is 0 Å². The SMILES string of the molecule is [CH2+]C#CC. The summed E-state index contributed by atoms with van der Waals surface area (Å²) in [4.78, 5) is 0. The zero-order chi connectivity index (χ0) is 3.41.